The average Bonchev–Trinajstić information content (AvgIpc) is 3.96. The molecule has 1 spiro atoms. The highest BCUT2D eigenvalue weighted by Gasteiger charge is 2.48. The topological polar surface area (TPSA) is 161 Å². The molecule has 51 heavy (non-hydrogen) atoms. The first kappa shape index (κ1) is 32.1. The predicted molar refractivity (Wildman–Crippen MR) is 187 cm³/mol. The van der Waals surface area contributed by atoms with Crippen LogP contribution in [0.2, 0.25) is 0 Å². The van der Waals surface area contributed by atoms with Crippen LogP contribution in [-0.2, 0) is 29.4 Å². The van der Waals surface area contributed by atoms with Crippen molar-refractivity contribution in [1.29, 1.82) is 5.26 Å². The van der Waals surface area contributed by atoms with Gasteiger partial charge in [-0.2, -0.15) is 15.3 Å². The van der Waals surface area contributed by atoms with E-state index < -0.39 is 5.41 Å². The van der Waals surface area contributed by atoms with Gasteiger partial charge < -0.3 is 24.6 Å². The number of aryl methyl sites for hydroxylation is 1. The normalized spacial score (nSPS) is 25.0. The van der Waals surface area contributed by atoms with Crippen molar-refractivity contribution in [3.8, 4) is 29.3 Å². The lowest BCUT2D eigenvalue weighted by molar-refractivity contribution is 0.0629. The summed E-state index contributed by atoms with van der Waals surface area (Å²) in [5, 5.41) is 19.7. The Kier molecular flexibility index (Phi) is 7.85. The van der Waals surface area contributed by atoms with Crippen molar-refractivity contribution in [3.63, 3.8) is 0 Å². The lowest BCUT2D eigenvalue weighted by atomic mass is 9.61. The van der Waals surface area contributed by atoms with E-state index >= 15 is 0 Å². The third-order valence-electron chi connectivity index (χ3n) is 12.0. The fourth-order valence-corrected chi connectivity index (χ4v) is 9.47. The number of ether oxygens (including phenoxy) is 2. The molecule has 1 amide bonds. The van der Waals surface area contributed by atoms with Gasteiger partial charge in [-0.05, 0) is 102 Å². The molecule has 3 aliphatic heterocycles. The van der Waals surface area contributed by atoms with Gasteiger partial charge in [-0.25, -0.2) is 9.67 Å². The zero-order valence-electron chi connectivity index (χ0n) is 29.2. The van der Waals surface area contributed by atoms with Crippen LogP contribution < -0.4 is 10.5 Å². The Morgan fingerprint density at radius 3 is 2.73 bits per heavy atom. The maximum atomic E-state index is 13.6. The molecular formula is C38H43N9O4. The second kappa shape index (κ2) is 12.5. The van der Waals surface area contributed by atoms with Crippen LogP contribution in [0, 0.1) is 11.3 Å². The third-order valence-corrected chi connectivity index (χ3v) is 12.0. The van der Waals surface area contributed by atoms with E-state index in [0.717, 1.165) is 92.3 Å². The van der Waals surface area contributed by atoms with Crippen LogP contribution in [0.15, 0.2) is 28.9 Å². The summed E-state index contributed by atoms with van der Waals surface area (Å²) in [6.45, 7) is 4.98. The highest BCUT2D eigenvalue weighted by atomic mass is 16.5. The standard InChI is InChI=1S/C38H43N9O4/c1-22(29-8-5-15-45(29)2)50-31-18-30(47-20-24-11-16-46(25-12-17-49-21-25)37(48)33(24)43-47)41-36(42-31)34-26-7-4-14-38(35(26)51-44-34)13-3-6-23-9-10-28(40)27(19-39)32(23)38/h9-10,18,20,22,25,29H,3-8,11-17,21,40H2,1-2H3/t22-,25-,29-,38+/m0/s1. The maximum Gasteiger partial charge on any atom is 0.274 e. The highest BCUT2D eigenvalue weighted by molar-refractivity contribution is 5.95. The number of nitriles is 1. The Morgan fingerprint density at radius 1 is 1.08 bits per heavy atom. The first-order chi connectivity index (χ1) is 24.8. The maximum absolute atomic E-state index is 13.6. The van der Waals surface area contributed by atoms with E-state index in [4.69, 9.17) is 34.8 Å². The van der Waals surface area contributed by atoms with Crippen LogP contribution in [0.25, 0.3) is 17.3 Å². The van der Waals surface area contributed by atoms with Crippen LogP contribution in [0.5, 0.6) is 5.88 Å². The van der Waals surface area contributed by atoms with Crippen LogP contribution in [0.1, 0.15) is 95.9 Å². The van der Waals surface area contributed by atoms with Gasteiger partial charge in [0.1, 0.15) is 12.2 Å². The molecule has 0 unspecified atom stereocenters. The summed E-state index contributed by atoms with van der Waals surface area (Å²) in [6.07, 6.45) is 10.7. The number of nitrogen functional groups attached to an aromatic ring is 1. The Morgan fingerprint density at radius 2 is 1.94 bits per heavy atom. The van der Waals surface area contributed by atoms with Crippen LogP contribution in [0.3, 0.4) is 0 Å². The molecule has 0 saturated carbocycles. The number of likely N-dealkylation sites (tertiary alicyclic amines) is 1. The van der Waals surface area contributed by atoms with Gasteiger partial charge in [0.2, 0.25) is 5.88 Å². The number of benzene rings is 1. The van der Waals surface area contributed by atoms with E-state index in [2.05, 4.69) is 36.2 Å². The van der Waals surface area contributed by atoms with Gasteiger partial charge in [-0.15, -0.1) is 0 Å². The molecule has 0 radical (unpaired) electrons. The van der Waals surface area contributed by atoms with Gasteiger partial charge in [0.25, 0.3) is 5.91 Å². The molecule has 264 valence electrons. The number of amides is 1. The van der Waals surface area contributed by atoms with Gasteiger partial charge >= 0.3 is 0 Å². The first-order valence-electron chi connectivity index (χ1n) is 18.4. The summed E-state index contributed by atoms with van der Waals surface area (Å²) in [6, 6.07) is 8.46. The van der Waals surface area contributed by atoms with Crippen molar-refractivity contribution in [2.45, 2.75) is 94.7 Å². The summed E-state index contributed by atoms with van der Waals surface area (Å²) in [4.78, 5) is 27.9. The van der Waals surface area contributed by atoms with Crippen molar-refractivity contribution in [2.24, 2.45) is 0 Å². The van der Waals surface area contributed by atoms with Crippen molar-refractivity contribution < 1.29 is 18.8 Å². The van der Waals surface area contributed by atoms with E-state index in [-0.39, 0.29) is 24.1 Å². The molecule has 2 aliphatic carbocycles. The van der Waals surface area contributed by atoms with Crippen LogP contribution in [0.4, 0.5) is 5.69 Å². The summed E-state index contributed by atoms with van der Waals surface area (Å²) in [7, 11) is 2.13. The van der Waals surface area contributed by atoms with E-state index in [1.54, 1.807) is 10.7 Å². The lowest BCUT2D eigenvalue weighted by Gasteiger charge is -2.41. The quantitative estimate of drug-likeness (QED) is 0.286. The molecule has 13 heteroatoms. The number of carbonyl (C=O) groups is 1. The second-order valence-corrected chi connectivity index (χ2v) is 14.9. The summed E-state index contributed by atoms with van der Waals surface area (Å²) >= 11 is 0. The second-order valence-electron chi connectivity index (χ2n) is 14.9. The molecule has 5 aliphatic rings. The minimum atomic E-state index is -0.497. The summed E-state index contributed by atoms with van der Waals surface area (Å²) < 4.78 is 20.2. The summed E-state index contributed by atoms with van der Waals surface area (Å²) in [5.74, 6) is 1.99. The predicted octanol–water partition coefficient (Wildman–Crippen LogP) is 4.38. The molecule has 1 aromatic carbocycles. The van der Waals surface area contributed by atoms with Crippen LogP contribution in [-0.4, -0.2) is 92.2 Å². The van der Waals surface area contributed by atoms with E-state index in [1.165, 1.54) is 0 Å². The number of anilines is 1. The third kappa shape index (κ3) is 5.21. The molecule has 2 N–H and O–H groups in total. The molecule has 13 nitrogen and oxygen atoms in total. The number of hydrogen-bond acceptors (Lipinski definition) is 11. The van der Waals surface area contributed by atoms with Crippen molar-refractivity contribution in [3.05, 3.63) is 63.7 Å². The Labute approximate surface area is 296 Å². The molecule has 9 rings (SSSR count). The zero-order valence-corrected chi connectivity index (χ0v) is 29.2. The zero-order chi connectivity index (χ0) is 34.9. The van der Waals surface area contributed by atoms with Crippen molar-refractivity contribution in [1.82, 2.24) is 34.7 Å². The summed E-state index contributed by atoms with van der Waals surface area (Å²) in [5.41, 5.74) is 11.9. The van der Waals surface area contributed by atoms with Gasteiger partial charge in [-0.1, -0.05) is 11.2 Å². The number of hydrogen-bond donors (Lipinski definition) is 1. The van der Waals surface area contributed by atoms with Crippen molar-refractivity contribution in [2.75, 3.05) is 39.1 Å². The lowest BCUT2D eigenvalue weighted by Crippen LogP contribution is -2.45. The highest BCUT2D eigenvalue weighted by Crippen LogP contribution is 2.53. The van der Waals surface area contributed by atoms with Crippen LogP contribution >= 0.6 is 0 Å². The molecule has 2 saturated heterocycles. The van der Waals surface area contributed by atoms with E-state index in [9.17, 15) is 10.1 Å². The molecule has 3 aromatic heterocycles. The van der Waals surface area contributed by atoms with Gasteiger partial charge in [0, 0.05) is 48.3 Å². The minimum Gasteiger partial charge on any atom is -0.473 e. The molecule has 4 aromatic rings. The monoisotopic (exact) mass is 689 g/mol. The van der Waals surface area contributed by atoms with E-state index in [1.807, 2.05) is 17.2 Å². The average molecular weight is 690 g/mol. The molecule has 6 heterocycles. The largest absolute Gasteiger partial charge is 0.473 e. The number of fused-ring (bicyclic) bond motifs is 5. The Hall–Kier alpha value is -4.80. The number of nitrogens with two attached hydrogens (primary N) is 1. The Bertz CT molecular complexity index is 2060. The van der Waals surface area contributed by atoms with Gasteiger partial charge in [-0.3, -0.25) is 9.69 Å². The molecule has 4 atom stereocenters. The fraction of sp³-hybridized carbons (Fsp3) is 0.526. The van der Waals surface area contributed by atoms with Gasteiger partial charge in [0.15, 0.2) is 28.8 Å². The number of rotatable bonds is 6. The Balaban J connectivity index is 1.14. The van der Waals surface area contributed by atoms with E-state index in [0.29, 0.717) is 66.3 Å². The molecule has 0 bridgehead atoms. The van der Waals surface area contributed by atoms with Gasteiger partial charge in [0.05, 0.1) is 23.6 Å². The number of nitrogens with zero attached hydrogens (tertiary/aromatic N) is 8. The molecule has 2 fully saturated rings. The molecular weight excluding hydrogens is 646 g/mol. The number of aromatic nitrogens is 5. The minimum absolute atomic E-state index is 0.0739. The first-order valence-corrected chi connectivity index (χ1v) is 18.4. The number of likely N-dealkylation sites (N-methyl/N-ethyl adjacent to an activating group) is 1. The number of carbonyl (C=O) groups excluding carboxylic acids is 1. The smallest absolute Gasteiger partial charge is 0.274 e. The van der Waals surface area contributed by atoms with Crippen molar-refractivity contribution >= 4 is 11.6 Å². The fourth-order valence-electron chi connectivity index (χ4n) is 9.47. The SMILES string of the molecule is C[C@H](Oc1cc(-n2cc3c(n2)C(=O)N([C@H]2CCOC2)CC3)nc(-c2noc3c2CCC[C@@]32CCCc3ccc(N)c(C#N)c32)n1)[C@@H]1CCCN1C.